The highest BCUT2D eigenvalue weighted by Crippen LogP contribution is 2.27. The van der Waals surface area contributed by atoms with Crippen molar-refractivity contribution in [1.29, 1.82) is 0 Å². The minimum Gasteiger partial charge on any atom is -0.338 e. The fourth-order valence-corrected chi connectivity index (χ4v) is 3.62. The predicted octanol–water partition coefficient (Wildman–Crippen LogP) is 1.40. The third kappa shape index (κ3) is 3.46. The molecule has 10 nitrogen and oxygen atoms in total. The third-order valence-corrected chi connectivity index (χ3v) is 5.00. The number of carbonyl (C=O) groups excluding carboxylic acids is 1. The zero-order valence-corrected chi connectivity index (χ0v) is 15.3. The third-order valence-electron chi connectivity index (χ3n) is 5.00. The molecule has 0 saturated carbocycles. The summed E-state index contributed by atoms with van der Waals surface area (Å²) in [5.74, 6) is 1.74. The first-order valence-corrected chi connectivity index (χ1v) is 9.35. The maximum atomic E-state index is 13.1. The number of unbranched alkanes of at least 4 members (excludes halogenated alkanes) is 1. The van der Waals surface area contributed by atoms with Gasteiger partial charge >= 0.3 is 0 Å². The van der Waals surface area contributed by atoms with Crippen LogP contribution in [0.25, 0.3) is 5.82 Å². The molecule has 1 atom stereocenters. The summed E-state index contributed by atoms with van der Waals surface area (Å²) >= 11 is 0. The number of likely N-dealkylation sites (tertiary alicyclic amines) is 1. The molecule has 4 heterocycles. The van der Waals surface area contributed by atoms with Crippen LogP contribution < -0.4 is 0 Å². The number of piperidine rings is 1. The quantitative estimate of drug-likeness (QED) is 0.703. The number of hydrogen-bond acceptors (Lipinski definition) is 6. The lowest BCUT2D eigenvalue weighted by Gasteiger charge is -2.32. The SMILES string of the molecule is CCCCn1ccnc1C1CCCN(C(=O)c2cn[nH]c2-n2cnnn2)C1. The maximum Gasteiger partial charge on any atom is 0.259 e. The summed E-state index contributed by atoms with van der Waals surface area (Å²) in [6.45, 7) is 4.54. The van der Waals surface area contributed by atoms with Gasteiger partial charge in [0.1, 0.15) is 17.7 Å². The fourth-order valence-electron chi connectivity index (χ4n) is 3.62. The van der Waals surface area contributed by atoms with Crippen molar-refractivity contribution in [2.45, 2.75) is 45.1 Å². The van der Waals surface area contributed by atoms with Crippen molar-refractivity contribution in [3.63, 3.8) is 0 Å². The smallest absolute Gasteiger partial charge is 0.259 e. The summed E-state index contributed by atoms with van der Waals surface area (Å²) < 4.78 is 3.64. The fraction of sp³-hybridized carbons (Fsp3) is 0.529. The highest BCUT2D eigenvalue weighted by molar-refractivity contribution is 5.97. The topological polar surface area (TPSA) is 110 Å². The van der Waals surface area contributed by atoms with E-state index in [1.165, 1.54) is 17.2 Å². The van der Waals surface area contributed by atoms with Gasteiger partial charge in [-0.15, -0.1) is 5.10 Å². The Morgan fingerprint density at radius 2 is 2.33 bits per heavy atom. The molecule has 3 aromatic heterocycles. The first-order chi connectivity index (χ1) is 13.3. The van der Waals surface area contributed by atoms with Crippen LogP contribution in [0.4, 0.5) is 0 Å². The lowest BCUT2D eigenvalue weighted by atomic mass is 9.96. The van der Waals surface area contributed by atoms with E-state index < -0.39 is 0 Å². The molecular formula is C17H23N9O. The van der Waals surface area contributed by atoms with Crippen LogP contribution in [-0.2, 0) is 6.54 Å². The summed E-state index contributed by atoms with van der Waals surface area (Å²) in [6, 6.07) is 0. The molecule has 1 fully saturated rings. The van der Waals surface area contributed by atoms with Crippen molar-refractivity contribution in [3.8, 4) is 5.82 Å². The zero-order chi connectivity index (χ0) is 18.6. The summed E-state index contributed by atoms with van der Waals surface area (Å²) in [6.07, 6.45) is 11.1. The molecule has 1 amide bonds. The molecule has 1 saturated heterocycles. The van der Waals surface area contributed by atoms with Gasteiger partial charge in [0.25, 0.3) is 5.91 Å². The maximum absolute atomic E-state index is 13.1. The Hall–Kier alpha value is -3.04. The molecule has 0 aromatic carbocycles. The van der Waals surface area contributed by atoms with Crippen LogP contribution >= 0.6 is 0 Å². The second kappa shape index (κ2) is 7.68. The van der Waals surface area contributed by atoms with E-state index in [0.29, 0.717) is 17.9 Å². The number of imidazole rings is 1. The van der Waals surface area contributed by atoms with E-state index >= 15 is 0 Å². The molecule has 27 heavy (non-hydrogen) atoms. The number of nitrogens with one attached hydrogen (secondary N) is 1. The number of H-pyrrole nitrogens is 1. The van der Waals surface area contributed by atoms with E-state index in [1.807, 2.05) is 17.3 Å². The van der Waals surface area contributed by atoms with Crippen molar-refractivity contribution in [2.75, 3.05) is 13.1 Å². The van der Waals surface area contributed by atoms with Crippen LogP contribution in [-0.4, -0.2) is 63.9 Å². The number of aromatic nitrogens is 8. The molecule has 1 unspecified atom stereocenters. The summed E-state index contributed by atoms with van der Waals surface area (Å²) in [4.78, 5) is 19.6. The molecule has 0 aliphatic carbocycles. The Balaban J connectivity index is 1.52. The Labute approximate surface area is 156 Å². The van der Waals surface area contributed by atoms with Crippen LogP contribution in [0.3, 0.4) is 0 Å². The molecule has 10 heteroatoms. The van der Waals surface area contributed by atoms with E-state index in [9.17, 15) is 4.79 Å². The van der Waals surface area contributed by atoms with Crippen molar-refractivity contribution in [2.24, 2.45) is 0 Å². The zero-order valence-electron chi connectivity index (χ0n) is 15.3. The largest absolute Gasteiger partial charge is 0.338 e. The van der Waals surface area contributed by atoms with Gasteiger partial charge in [0.2, 0.25) is 0 Å². The Morgan fingerprint density at radius 1 is 1.41 bits per heavy atom. The first-order valence-electron chi connectivity index (χ1n) is 9.35. The van der Waals surface area contributed by atoms with Gasteiger partial charge in [-0.3, -0.25) is 9.89 Å². The second-order valence-corrected chi connectivity index (χ2v) is 6.81. The highest BCUT2D eigenvalue weighted by atomic mass is 16.2. The molecule has 1 N–H and O–H groups in total. The predicted molar refractivity (Wildman–Crippen MR) is 96.3 cm³/mol. The van der Waals surface area contributed by atoms with E-state index in [4.69, 9.17) is 0 Å². The normalized spacial score (nSPS) is 17.4. The molecule has 3 aromatic rings. The van der Waals surface area contributed by atoms with Crippen molar-refractivity contribution in [1.82, 2.24) is 44.9 Å². The van der Waals surface area contributed by atoms with E-state index in [2.05, 4.69) is 42.2 Å². The van der Waals surface area contributed by atoms with E-state index in [1.54, 1.807) is 0 Å². The monoisotopic (exact) mass is 369 g/mol. The van der Waals surface area contributed by atoms with Gasteiger partial charge in [-0.1, -0.05) is 13.3 Å². The Bertz CT molecular complexity index is 882. The van der Waals surface area contributed by atoms with Gasteiger partial charge in [0.15, 0.2) is 5.82 Å². The minimum atomic E-state index is -0.0642. The number of amides is 1. The number of carbonyl (C=O) groups is 1. The molecule has 0 spiro atoms. The number of rotatable bonds is 6. The molecule has 1 aliphatic heterocycles. The lowest BCUT2D eigenvalue weighted by Crippen LogP contribution is -2.40. The second-order valence-electron chi connectivity index (χ2n) is 6.81. The number of aromatic amines is 1. The van der Waals surface area contributed by atoms with Crippen LogP contribution in [0, 0.1) is 0 Å². The number of tetrazole rings is 1. The van der Waals surface area contributed by atoms with Gasteiger partial charge in [0.05, 0.1) is 6.20 Å². The van der Waals surface area contributed by atoms with Crippen molar-refractivity contribution in [3.05, 3.63) is 36.3 Å². The summed E-state index contributed by atoms with van der Waals surface area (Å²) in [7, 11) is 0. The molecule has 0 bridgehead atoms. The van der Waals surface area contributed by atoms with Crippen molar-refractivity contribution < 1.29 is 4.79 Å². The van der Waals surface area contributed by atoms with Gasteiger partial charge in [-0.25, -0.2) is 4.98 Å². The average Bonchev–Trinajstić information content (AvgIpc) is 3.46. The molecular weight excluding hydrogens is 346 g/mol. The highest BCUT2D eigenvalue weighted by Gasteiger charge is 2.30. The minimum absolute atomic E-state index is 0.0642. The Kier molecular flexibility index (Phi) is 4.95. The standard InChI is InChI=1S/C17H23N9O/c1-2-3-7-24-9-6-18-15(24)13-5-4-8-25(11-13)17(27)14-10-19-21-16(14)26-12-20-22-23-26/h6,9-10,12-13H,2-5,7-8,11H2,1H3,(H,19,21). The lowest BCUT2D eigenvalue weighted by molar-refractivity contribution is 0.0703. The molecule has 1 aliphatic rings. The van der Waals surface area contributed by atoms with Crippen LogP contribution in [0.5, 0.6) is 0 Å². The number of nitrogens with zero attached hydrogens (tertiary/aromatic N) is 8. The van der Waals surface area contributed by atoms with Gasteiger partial charge in [0, 0.05) is 37.9 Å². The van der Waals surface area contributed by atoms with Gasteiger partial charge < -0.3 is 9.47 Å². The number of hydrogen-bond donors (Lipinski definition) is 1. The van der Waals surface area contributed by atoms with E-state index in [-0.39, 0.29) is 11.8 Å². The van der Waals surface area contributed by atoms with Crippen molar-refractivity contribution >= 4 is 5.91 Å². The van der Waals surface area contributed by atoms with Gasteiger partial charge in [-0.2, -0.15) is 9.78 Å². The number of aryl methyl sites for hydroxylation is 1. The molecule has 4 rings (SSSR count). The molecule has 142 valence electrons. The van der Waals surface area contributed by atoms with Gasteiger partial charge in [-0.05, 0) is 29.7 Å². The van der Waals surface area contributed by atoms with Crippen LogP contribution in [0.1, 0.15) is 54.7 Å². The molecule has 0 radical (unpaired) electrons. The van der Waals surface area contributed by atoms with Crippen LogP contribution in [0.2, 0.25) is 0 Å². The Morgan fingerprint density at radius 3 is 3.15 bits per heavy atom. The van der Waals surface area contributed by atoms with E-state index in [0.717, 1.165) is 44.6 Å². The first kappa shape index (κ1) is 17.4. The summed E-state index contributed by atoms with van der Waals surface area (Å²) in [5.41, 5.74) is 0.470. The summed E-state index contributed by atoms with van der Waals surface area (Å²) in [5, 5.41) is 17.9. The van der Waals surface area contributed by atoms with Crippen LogP contribution in [0.15, 0.2) is 24.9 Å². The average molecular weight is 369 g/mol.